The lowest BCUT2D eigenvalue weighted by Crippen LogP contribution is -2.27. The van der Waals surface area contributed by atoms with Gasteiger partial charge in [-0.3, -0.25) is 0 Å². The molecule has 1 aliphatic rings. The van der Waals surface area contributed by atoms with E-state index in [-0.39, 0.29) is 6.61 Å². The fourth-order valence-electron chi connectivity index (χ4n) is 3.14. The molecule has 0 bridgehead atoms. The largest absolute Gasteiger partial charge is 0.458 e. The van der Waals surface area contributed by atoms with Crippen molar-refractivity contribution < 1.29 is 19.1 Å². The van der Waals surface area contributed by atoms with Crippen molar-refractivity contribution in [2.24, 2.45) is 4.99 Å². The van der Waals surface area contributed by atoms with Crippen molar-refractivity contribution in [2.75, 3.05) is 0 Å². The van der Waals surface area contributed by atoms with Crippen LogP contribution in [0.2, 0.25) is 0 Å². The third kappa shape index (κ3) is 5.64. The number of rotatable bonds is 9. The lowest BCUT2D eigenvalue weighted by Gasteiger charge is -2.23. The molecule has 150 valence electrons. The van der Waals surface area contributed by atoms with Gasteiger partial charge in [-0.2, -0.15) is 0 Å². The van der Waals surface area contributed by atoms with E-state index in [1.54, 1.807) is 6.08 Å². The molecule has 0 fully saturated rings. The summed E-state index contributed by atoms with van der Waals surface area (Å²) in [5, 5.41) is 0. The molecular weight excluding hydrogens is 366 g/mol. The Morgan fingerprint density at radius 2 is 1.79 bits per heavy atom. The summed E-state index contributed by atoms with van der Waals surface area (Å²) in [4.78, 5) is 29.1. The van der Waals surface area contributed by atoms with Gasteiger partial charge in [0.15, 0.2) is 5.71 Å². The van der Waals surface area contributed by atoms with Gasteiger partial charge in [0, 0.05) is 24.5 Å². The molecule has 0 spiro atoms. The lowest BCUT2D eigenvalue weighted by molar-refractivity contribution is -0.146. The van der Waals surface area contributed by atoms with Crippen LogP contribution in [0.15, 0.2) is 77.8 Å². The molecule has 3 rings (SSSR count). The minimum Gasteiger partial charge on any atom is -0.458 e. The maximum absolute atomic E-state index is 12.4. The summed E-state index contributed by atoms with van der Waals surface area (Å²) in [6.45, 7) is 2.29. The molecule has 0 amide bonds. The molecule has 0 saturated heterocycles. The Kier molecular flexibility index (Phi) is 6.95. The first kappa shape index (κ1) is 20.5. The molecule has 5 nitrogen and oxygen atoms in total. The van der Waals surface area contributed by atoms with Crippen molar-refractivity contribution in [1.82, 2.24) is 0 Å². The minimum atomic E-state index is -0.964. The van der Waals surface area contributed by atoms with Gasteiger partial charge in [0.1, 0.15) is 6.61 Å². The highest BCUT2D eigenvalue weighted by Gasteiger charge is 2.41. The van der Waals surface area contributed by atoms with Crippen molar-refractivity contribution in [3.8, 4) is 0 Å². The second-order valence-corrected chi connectivity index (χ2v) is 6.97. The minimum absolute atomic E-state index is 0.219. The summed E-state index contributed by atoms with van der Waals surface area (Å²) in [7, 11) is 0. The Bertz CT molecular complexity index is 890. The van der Waals surface area contributed by atoms with Crippen LogP contribution in [0.5, 0.6) is 0 Å². The van der Waals surface area contributed by atoms with Crippen LogP contribution in [0.25, 0.3) is 0 Å². The van der Waals surface area contributed by atoms with E-state index >= 15 is 0 Å². The van der Waals surface area contributed by atoms with Gasteiger partial charge in [-0.05, 0) is 12.0 Å². The number of carbonyl (C=O) groups is 2. The third-order valence-corrected chi connectivity index (χ3v) is 4.67. The molecule has 0 aromatic heterocycles. The molecule has 1 heterocycles. The van der Waals surface area contributed by atoms with E-state index in [0.29, 0.717) is 18.6 Å². The van der Waals surface area contributed by atoms with Crippen LogP contribution in [-0.4, -0.2) is 23.4 Å². The Labute approximate surface area is 171 Å². The second-order valence-electron chi connectivity index (χ2n) is 6.97. The second kappa shape index (κ2) is 9.82. The van der Waals surface area contributed by atoms with Crippen LogP contribution in [-0.2, 0) is 25.7 Å². The summed E-state index contributed by atoms with van der Waals surface area (Å²) < 4.78 is 10.9. The van der Waals surface area contributed by atoms with Gasteiger partial charge in [-0.1, -0.05) is 80.1 Å². The normalized spacial score (nSPS) is 18.5. The molecule has 1 aliphatic heterocycles. The fourth-order valence-corrected chi connectivity index (χ4v) is 3.14. The molecule has 2 aromatic carbocycles. The zero-order valence-electron chi connectivity index (χ0n) is 16.5. The van der Waals surface area contributed by atoms with E-state index in [1.807, 2.05) is 60.7 Å². The SMILES string of the molecule is CCCC[C@]1(C/C=C/C(=O)OCc2ccccc2)N=C(c2ccccc2)C(=O)O1. The molecule has 0 radical (unpaired) electrons. The van der Waals surface area contributed by atoms with Crippen LogP contribution in [0, 0.1) is 0 Å². The third-order valence-electron chi connectivity index (χ3n) is 4.67. The van der Waals surface area contributed by atoms with E-state index in [1.165, 1.54) is 6.08 Å². The summed E-state index contributed by atoms with van der Waals surface area (Å²) in [5.41, 5.74) is 1.04. The van der Waals surface area contributed by atoms with Gasteiger partial charge in [0.05, 0.1) is 0 Å². The molecule has 5 heteroatoms. The molecule has 29 heavy (non-hydrogen) atoms. The number of cyclic esters (lactones) is 1. The lowest BCUT2D eigenvalue weighted by atomic mass is 10.0. The molecule has 2 aromatic rings. The van der Waals surface area contributed by atoms with Crippen LogP contribution in [0.4, 0.5) is 0 Å². The topological polar surface area (TPSA) is 65.0 Å². The monoisotopic (exact) mass is 391 g/mol. The van der Waals surface area contributed by atoms with Crippen molar-refractivity contribution in [3.63, 3.8) is 0 Å². The number of hydrogen-bond acceptors (Lipinski definition) is 5. The Morgan fingerprint density at radius 1 is 1.10 bits per heavy atom. The highest BCUT2D eigenvalue weighted by Crippen LogP contribution is 2.32. The molecule has 0 N–H and O–H groups in total. The number of hydrogen-bond donors (Lipinski definition) is 0. The van der Waals surface area contributed by atoms with Gasteiger partial charge in [0.2, 0.25) is 5.72 Å². The summed E-state index contributed by atoms with van der Waals surface area (Å²) in [6, 6.07) is 18.8. The molecule has 0 aliphatic carbocycles. The number of unbranched alkanes of at least 4 members (excludes halogenated alkanes) is 1. The molecule has 1 atom stereocenters. The van der Waals surface area contributed by atoms with E-state index in [4.69, 9.17) is 9.47 Å². The van der Waals surface area contributed by atoms with Crippen molar-refractivity contribution in [2.45, 2.75) is 44.9 Å². The van der Waals surface area contributed by atoms with Crippen molar-refractivity contribution in [1.29, 1.82) is 0 Å². The Morgan fingerprint density at radius 3 is 2.48 bits per heavy atom. The number of nitrogens with zero attached hydrogens (tertiary/aromatic N) is 1. The summed E-state index contributed by atoms with van der Waals surface area (Å²) in [5.74, 6) is -0.858. The standard InChI is InChI=1S/C24H25NO4/c1-2-3-16-24(25-22(23(27)29-24)20-13-8-5-9-14-20)17-10-15-21(26)28-18-19-11-6-4-7-12-19/h4-15H,2-3,16-18H2,1H3/b15-10+/t24-/m0/s1. The van der Waals surface area contributed by atoms with Crippen LogP contribution < -0.4 is 0 Å². The highest BCUT2D eigenvalue weighted by atomic mass is 16.6. The van der Waals surface area contributed by atoms with Crippen molar-refractivity contribution in [3.05, 3.63) is 83.9 Å². The number of carbonyl (C=O) groups excluding carboxylic acids is 2. The maximum Gasteiger partial charge on any atom is 0.359 e. The number of benzene rings is 2. The van der Waals surface area contributed by atoms with Crippen LogP contribution in [0.3, 0.4) is 0 Å². The first-order valence-electron chi connectivity index (χ1n) is 9.88. The van der Waals surface area contributed by atoms with Gasteiger partial charge >= 0.3 is 11.9 Å². The van der Waals surface area contributed by atoms with E-state index < -0.39 is 17.7 Å². The predicted octanol–water partition coefficient (Wildman–Crippen LogP) is 4.61. The zero-order chi connectivity index (χ0) is 20.5. The molecule has 0 unspecified atom stereocenters. The highest BCUT2D eigenvalue weighted by molar-refractivity contribution is 6.44. The van der Waals surface area contributed by atoms with Crippen LogP contribution in [0.1, 0.15) is 43.7 Å². The number of ether oxygens (including phenoxy) is 2. The maximum atomic E-state index is 12.4. The van der Waals surface area contributed by atoms with Gasteiger partial charge in [-0.25, -0.2) is 14.6 Å². The first-order valence-corrected chi connectivity index (χ1v) is 9.88. The first-order chi connectivity index (χ1) is 14.1. The van der Waals surface area contributed by atoms with E-state index in [0.717, 1.165) is 24.0 Å². The predicted molar refractivity (Wildman–Crippen MR) is 111 cm³/mol. The van der Waals surface area contributed by atoms with Gasteiger partial charge < -0.3 is 9.47 Å². The quantitative estimate of drug-likeness (QED) is 0.463. The van der Waals surface area contributed by atoms with Gasteiger partial charge in [0.25, 0.3) is 0 Å². The van der Waals surface area contributed by atoms with E-state index in [2.05, 4.69) is 11.9 Å². The summed E-state index contributed by atoms with van der Waals surface area (Å²) in [6.07, 6.45) is 5.81. The number of aliphatic imine (C=N–C) groups is 1. The Hall–Kier alpha value is -3.21. The summed E-state index contributed by atoms with van der Waals surface area (Å²) >= 11 is 0. The zero-order valence-corrected chi connectivity index (χ0v) is 16.5. The Balaban J connectivity index is 1.66. The van der Waals surface area contributed by atoms with Crippen molar-refractivity contribution >= 4 is 17.7 Å². The average molecular weight is 391 g/mol. The van der Waals surface area contributed by atoms with Gasteiger partial charge in [-0.15, -0.1) is 0 Å². The fraction of sp³-hybridized carbons (Fsp3) is 0.292. The molecule has 0 saturated carbocycles. The van der Waals surface area contributed by atoms with Crippen LogP contribution >= 0.6 is 0 Å². The van der Waals surface area contributed by atoms with E-state index in [9.17, 15) is 9.59 Å². The molecular formula is C24H25NO4. The smallest absolute Gasteiger partial charge is 0.359 e. The average Bonchev–Trinajstić information content (AvgIpc) is 3.09. The number of esters is 2.